The molecular formula is C13H20N2O4S2. The van der Waals surface area contributed by atoms with E-state index in [0.29, 0.717) is 12.1 Å². The first kappa shape index (κ1) is 16.4. The summed E-state index contributed by atoms with van der Waals surface area (Å²) in [5.74, 6) is -1.20. The van der Waals surface area contributed by atoms with E-state index in [2.05, 4.69) is 9.62 Å². The second-order valence-electron chi connectivity index (χ2n) is 5.18. The van der Waals surface area contributed by atoms with Crippen LogP contribution in [0.25, 0.3) is 0 Å². The van der Waals surface area contributed by atoms with Gasteiger partial charge in [0.1, 0.15) is 9.77 Å². The first-order valence-corrected chi connectivity index (χ1v) is 9.31. The van der Waals surface area contributed by atoms with E-state index in [9.17, 15) is 13.2 Å². The van der Waals surface area contributed by atoms with Crippen LogP contribution >= 0.6 is 11.3 Å². The molecular weight excluding hydrogens is 312 g/mol. The third kappa shape index (κ3) is 4.03. The molecule has 0 saturated carbocycles. The highest BCUT2D eigenvalue weighted by atomic mass is 32.2. The Morgan fingerprint density at radius 1 is 1.43 bits per heavy atom. The lowest BCUT2D eigenvalue weighted by molar-refractivity contribution is 0.0698. The van der Waals surface area contributed by atoms with Gasteiger partial charge in [0.25, 0.3) is 0 Å². The van der Waals surface area contributed by atoms with Crippen molar-refractivity contribution in [1.82, 2.24) is 9.62 Å². The van der Waals surface area contributed by atoms with Crippen LogP contribution in [0.15, 0.2) is 10.3 Å². The molecule has 0 spiro atoms. The number of aryl methyl sites for hydroxylation is 1. The van der Waals surface area contributed by atoms with Crippen molar-refractivity contribution in [3.05, 3.63) is 15.8 Å². The topological polar surface area (TPSA) is 86.7 Å². The van der Waals surface area contributed by atoms with Gasteiger partial charge in [-0.3, -0.25) is 0 Å². The molecule has 0 radical (unpaired) electrons. The van der Waals surface area contributed by atoms with Gasteiger partial charge >= 0.3 is 5.97 Å². The van der Waals surface area contributed by atoms with Crippen molar-refractivity contribution in [2.24, 2.45) is 0 Å². The Morgan fingerprint density at radius 2 is 2.10 bits per heavy atom. The van der Waals surface area contributed by atoms with Gasteiger partial charge in [0.05, 0.1) is 0 Å². The molecule has 21 heavy (non-hydrogen) atoms. The zero-order chi connectivity index (χ0) is 15.5. The number of carbonyl (C=O) groups is 1. The Hall–Kier alpha value is -0.960. The van der Waals surface area contributed by atoms with Gasteiger partial charge in [0.2, 0.25) is 10.0 Å². The molecule has 2 rings (SSSR count). The van der Waals surface area contributed by atoms with E-state index in [1.165, 1.54) is 12.8 Å². The molecule has 0 unspecified atom stereocenters. The molecule has 118 valence electrons. The Balaban J connectivity index is 1.95. The summed E-state index contributed by atoms with van der Waals surface area (Å²) < 4.78 is 27.0. The Morgan fingerprint density at radius 3 is 2.71 bits per heavy atom. The fraction of sp³-hybridized carbons (Fsp3) is 0.615. The summed E-state index contributed by atoms with van der Waals surface area (Å²) in [6.07, 6.45) is 3.15. The number of nitrogens with zero attached hydrogens (tertiary/aromatic N) is 1. The Kier molecular flexibility index (Phi) is 5.37. The molecule has 2 N–H and O–H groups in total. The maximum atomic E-state index is 12.3. The Labute approximate surface area is 128 Å². The monoisotopic (exact) mass is 332 g/mol. The van der Waals surface area contributed by atoms with E-state index in [1.54, 1.807) is 12.3 Å². The van der Waals surface area contributed by atoms with Crippen LogP contribution in [-0.4, -0.2) is 50.6 Å². The number of thiophene rings is 1. The second-order valence-corrected chi connectivity index (χ2v) is 7.77. The molecule has 1 fully saturated rings. The number of hydrogen-bond donors (Lipinski definition) is 2. The first-order chi connectivity index (χ1) is 9.92. The number of carboxylic acid groups (broad SMARTS) is 1. The third-order valence-electron chi connectivity index (χ3n) is 3.52. The number of hydrogen-bond acceptors (Lipinski definition) is 5. The van der Waals surface area contributed by atoms with E-state index >= 15 is 0 Å². The lowest BCUT2D eigenvalue weighted by Gasteiger charge is -2.14. The molecule has 0 atom stereocenters. The normalized spacial score (nSPS) is 16.4. The Bertz CT molecular complexity index is 604. The van der Waals surface area contributed by atoms with E-state index in [1.807, 2.05) is 0 Å². The molecule has 6 nitrogen and oxygen atoms in total. The molecule has 1 aliphatic rings. The first-order valence-electron chi connectivity index (χ1n) is 6.95. The fourth-order valence-electron chi connectivity index (χ4n) is 2.50. The van der Waals surface area contributed by atoms with Gasteiger partial charge < -0.3 is 10.0 Å². The van der Waals surface area contributed by atoms with Crippen molar-refractivity contribution in [3.8, 4) is 0 Å². The van der Waals surface area contributed by atoms with Crippen LogP contribution in [0.2, 0.25) is 0 Å². The maximum Gasteiger partial charge on any atom is 0.347 e. The molecule has 0 amide bonds. The van der Waals surface area contributed by atoms with Crippen molar-refractivity contribution in [2.45, 2.75) is 31.1 Å². The highest BCUT2D eigenvalue weighted by Crippen LogP contribution is 2.26. The molecule has 1 aliphatic heterocycles. The number of nitrogens with one attached hydrogen (secondary N) is 1. The molecule has 2 heterocycles. The summed E-state index contributed by atoms with van der Waals surface area (Å²) in [5, 5.41) is 10.6. The van der Waals surface area contributed by atoms with Crippen LogP contribution in [0.5, 0.6) is 0 Å². The number of likely N-dealkylation sites (tertiary alicyclic amines) is 1. The van der Waals surface area contributed by atoms with Crippen molar-refractivity contribution < 1.29 is 18.3 Å². The zero-order valence-corrected chi connectivity index (χ0v) is 13.6. The van der Waals surface area contributed by atoms with Gasteiger partial charge in [-0.2, -0.15) is 0 Å². The summed E-state index contributed by atoms with van der Waals surface area (Å²) in [7, 11) is -3.76. The van der Waals surface area contributed by atoms with Crippen molar-refractivity contribution in [2.75, 3.05) is 26.2 Å². The van der Waals surface area contributed by atoms with E-state index in [4.69, 9.17) is 5.11 Å². The summed E-state index contributed by atoms with van der Waals surface area (Å²) in [4.78, 5) is 13.2. The largest absolute Gasteiger partial charge is 0.477 e. The molecule has 1 aromatic rings. The van der Waals surface area contributed by atoms with Gasteiger partial charge in [-0.25, -0.2) is 17.9 Å². The number of aromatic carboxylic acids is 1. The quantitative estimate of drug-likeness (QED) is 0.739. The minimum Gasteiger partial charge on any atom is -0.477 e. The fourth-order valence-corrected chi connectivity index (χ4v) is 5.20. The molecule has 0 bridgehead atoms. The molecule has 0 aliphatic carbocycles. The van der Waals surface area contributed by atoms with Crippen LogP contribution in [0.4, 0.5) is 0 Å². The summed E-state index contributed by atoms with van der Waals surface area (Å²) >= 11 is 0.944. The lowest BCUT2D eigenvalue weighted by atomic mass is 10.3. The molecule has 0 aromatic carbocycles. The highest BCUT2D eigenvalue weighted by molar-refractivity contribution is 7.89. The van der Waals surface area contributed by atoms with Gasteiger partial charge in [0, 0.05) is 6.54 Å². The van der Waals surface area contributed by atoms with E-state index in [-0.39, 0.29) is 9.77 Å². The third-order valence-corrected chi connectivity index (χ3v) is 6.39. The van der Waals surface area contributed by atoms with E-state index < -0.39 is 16.0 Å². The molecule has 8 heteroatoms. The highest BCUT2D eigenvalue weighted by Gasteiger charge is 2.26. The van der Waals surface area contributed by atoms with Crippen LogP contribution in [-0.2, 0) is 10.0 Å². The van der Waals surface area contributed by atoms with Gasteiger partial charge in [-0.15, -0.1) is 11.3 Å². The SMILES string of the molecule is Cc1csc(C(=O)O)c1S(=O)(=O)NCCCN1CCCC1. The van der Waals surface area contributed by atoms with Crippen LogP contribution in [0.3, 0.4) is 0 Å². The molecule has 1 saturated heterocycles. The van der Waals surface area contributed by atoms with E-state index in [0.717, 1.165) is 37.4 Å². The van der Waals surface area contributed by atoms with Crippen LogP contribution < -0.4 is 4.72 Å². The predicted molar refractivity (Wildman–Crippen MR) is 81.5 cm³/mol. The van der Waals surface area contributed by atoms with Crippen LogP contribution in [0.1, 0.15) is 34.5 Å². The standard InChI is InChI=1S/C13H20N2O4S2/c1-10-9-20-11(13(16)17)12(10)21(18,19)14-5-4-8-15-6-2-3-7-15/h9,14H,2-8H2,1H3,(H,16,17). The number of sulfonamides is 1. The zero-order valence-electron chi connectivity index (χ0n) is 12.0. The summed E-state index contributed by atoms with van der Waals surface area (Å²) in [5.41, 5.74) is 0.476. The minimum atomic E-state index is -3.76. The number of rotatable bonds is 7. The van der Waals surface area contributed by atoms with Gasteiger partial charge in [-0.1, -0.05) is 0 Å². The predicted octanol–water partition coefficient (Wildman–Crippen LogP) is 1.52. The molecule has 1 aromatic heterocycles. The summed E-state index contributed by atoms with van der Waals surface area (Å²) in [6, 6.07) is 0. The van der Waals surface area contributed by atoms with Crippen LogP contribution in [0, 0.1) is 6.92 Å². The minimum absolute atomic E-state index is 0.0961. The van der Waals surface area contributed by atoms with Crippen molar-refractivity contribution in [3.63, 3.8) is 0 Å². The maximum absolute atomic E-state index is 12.3. The lowest BCUT2D eigenvalue weighted by Crippen LogP contribution is -2.29. The van der Waals surface area contributed by atoms with Crippen molar-refractivity contribution >= 4 is 27.3 Å². The van der Waals surface area contributed by atoms with Crippen molar-refractivity contribution in [1.29, 1.82) is 0 Å². The average molecular weight is 332 g/mol. The smallest absolute Gasteiger partial charge is 0.347 e. The van der Waals surface area contributed by atoms with Gasteiger partial charge in [-0.05, 0) is 56.8 Å². The average Bonchev–Trinajstić information content (AvgIpc) is 3.03. The number of carboxylic acids is 1. The summed E-state index contributed by atoms with van der Waals surface area (Å²) in [6.45, 7) is 4.98. The second kappa shape index (κ2) is 6.87. The van der Waals surface area contributed by atoms with Gasteiger partial charge in [0.15, 0.2) is 0 Å².